The van der Waals surface area contributed by atoms with E-state index in [9.17, 15) is 14.4 Å². The molecule has 4 rings (SSSR count). The normalized spacial score (nSPS) is 19.5. The van der Waals surface area contributed by atoms with Gasteiger partial charge in [0.05, 0.1) is 6.54 Å². The van der Waals surface area contributed by atoms with Gasteiger partial charge in [-0.05, 0) is 50.6 Å². The molecule has 3 aromatic rings. The van der Waals surface area contributed by atoms with Crippen molar-refractivity contribution >= 4 is 38.8 Å². The van der Waals surface area contributed by atoms with E-state index in [2.05, 4.69) is 21.2 Å². The van der Waals surface area contributed by atoms with E-state index in [-0.39, 0.29) is 6.54 Å². The Balaban J connectivity index is 1.74. The minimum absolute atomic E-state index is 0.0418. The summed E-state index contributed by atoms with van der Waals surface area (Å²) in [5.74, 6) is 0.831. The molecule has 1 fully saturated rings. The summed E-state index contributed by atoms with van der Waals surface area (Å²) in [5.41, 5.74) is -0.236. The van der Waals surface area contributed by atoms with E-state index < -0.39 is 23.1 Å². The number of urea groups is 1. The third-order valence-corrected chi connectivity index (χ3v) is 5.47. The molecule has 8 heteroatoms. The van der Waals surface area contributed by atoms with Crippen LogP contribution in [0.5, 0.6) is 0 Å². The molecule has 1 aliphatic rings. The van der Waals surface area contributed by atoms with Gasteiger partial charge in [0.15, 0.2) is 0 Å². The Labute approximate surface area is 168 Å². The highest BCUT2D eigenvalue weighted by molar-refractivity contribution is 9.10. The number of rotatable bonds is 3. The molecule has 1 atom stereocenters. The average Bonchev–Trinajstić information content (AvgIpc) is 3.06. The van der Waals surface area contributed by atoms with Gasteiger partial charge in [-0.1, -0.05) is 15.9 Å². The number of imide groups is 1. The van der Waals surface area contributed by atoms with Gasteiger partial charge in [0.2, 0.25) is 0 Å². The lowest BCUT2D eigenvalue weighted by Gasteiger charge is -2.21. The SMILES string of the molecule is Cc1cc(C2(C)NC(=O)N(Cc3cc(=O)oc4cc(Br)ccc34)C2=O)c(C)o1. The van der Waals surface area contributed by atoms with E-state index in [0.717, 1.165) is 9.37 Å². The summed E-state index contributed by atoms with van der Waals surface area (Å²) in [6, 6.07) is 7.79. The van der Waals surface area contributed by atoms with Gasteiger partial charge < -0.3 is 14.2 Å². The molecule has 0 spiro atoms. The molecular weight excluding hydrogens is 428 g/mol. The topological polar surface area (TPSA) is 92.8 Å². The smallest absolute Gasteiger partial charge is 0.336 e. The number of furan rings is 1. The van der Waals surface area contributed by atoms with Crippen molar-refractivity contribution in [2.45, 2.75) is 32.9 Å². The van der Waals surface area contributed by atoms with Crippen molar-refractivity contribution in [2.24, 2.45) is 0 Å². The van der Waals surface area contributed by atoms with E-state index in [0.29, 0.717) is 33.6 Å². The van der Waals surface area contributed by atoms with Crippen LogP contribution in [0.15, 0.2) is 48.4 Å². The number of carbonyl (C=O) groups is 2. The van der Waals surface area contributed by atoms with Crippen LogP contribution in [0.4, 0.5) is 4.79 Å². The molecule has 7 nitrogen and oxygen atoms in total. The number of hydrogen-bond donors (Lipinski definition) is 1. The van der Waals surface area contributed by atoms with Gasteiger partial charge in [0.1, 0.15) is 22.6 Å². The van der Waals surface area contributed by atoms with Crippen molar-refractivity contribution in [3.05, 3.63) is 67.9 Å². The largest absolute Gasteiger partial charge is 0.466 e. The number of carbonyl (C=O) groups excluding carboxylic acids is 2. The minimum atomic E-state index is -1.22. The van der Waals surface area contributed by atoms with Crippen LogP contribution >= 0.6 is 15.9 Å². The molecule has 1 aliphatic heterocycles. The molecule has 3 heterocycles. The lowest BCUT2D eigenvalue weighted by atomic mass is 9.92. The fourth-order valence-corrected chi connectivity index (χ4v) is 4.00. The van der Waals surface area contributed by atoms with Crippen molar-refractivity contribution in [1.29, 1.82) is 0 Å². The Morgan fingerprint density at radius 2 is 1.86 bits per heavy atom. The Morgan fingerprint density at radius 1 is 1.11 bits per heavy atom. The molecule has 1 saturated heterocycles. The number of benzene rings is 1. The standard InChI is InChI=1S/C20H17BrN2O5/c1-10-6-15(11(2)27-10)20(3)18(25)23(19(26)22-20)9-12-7-17(24)28-16-8-13(21)4-5-14(12)16/h4-8H,9H2,1-3H3,(H,22,26). The molecular formula is C20H17BrN2O5. The highest BCUT2D eigenvalue weighted by Gasteiger charge is 2.50. The third kappa shape index (κ3) is 2.84. The van der Waals surface area contributed by atoms with Crippen LogP contribution < -0.4 is 10.9 Å². The van der Waals surface area contributed by atoms with Crippen molar-refractivity contribution in [3.63, 3.8) is 0 Å². The van der Waals surface area contributed by atoms with Gasteiger partial charge in [-0.15, -0.1) is 0 Å². The number of aryl methyl sites for hydroxylation is 2. The third-order valence-electron chi connectivity index (χ3n) is 4.98. The van der Waals surface area contributed by atoms with Gasteiger partial charge >= 0.3 is 11.7 Å². The second kappa shape index (κ2) is 6.34. The van der Waals surface area contributed by atoms with Crippen LogP contribution in [0.1, 0.15) is 29.6 Å². The number of nitrogens with zero attached hydrogens (tertiary/aromatic N) is 1. The van der Waals surface area contributed by atoms with Crippen LogP contribution in [0, 0.1) is 13.8 Å². The van der Waals surface area contributed by atoms with E-state index in [1.165, 1.54) is 6.07 Å². The van der Waals surface area contributed by atoms with Gasteiger partial charge in [0.25, 0.3) is 5.91 Å². The first-order valence-electron chi connectivity index (χ1n) is 8.63. The van der Waals surface area contributed by atoms with Crippen LogP contribution in [0.2, 0.25) is 0 Å². The van der Waals surface area contributed by atoms with E-state index >= 15 is 0 Å². The molecule has 1 aromatic carbocycles. The Kier molecular flexibility index (Phi) is 4.19. The fourth-order valence-electron chi connectivity index (χ4n) is 3.66. The number of nitrogens with one attached hydrogen (secondary N) is 1. The van der Waals surface area contributed by atoms with Gasteiger partial charge in [0, 0.05) is 21.5 Å². The summed E-state index contributed by atoms with van der Waals surface area (Å²) >= 11 is 3.34. The van der Waals surface area contributed by atoms with Crippen LogP contribution in [-0.4, -0.2) is 16.8 Å². The zero-order chi connectivity index (χ0) is 20.2. The number of halogens is 1. The highest BCUT2D eigenvalue weighted by atomic mass is 79.9. The summed E-state index contributed by atoms with van der Waals surface area (Å²) in [6.07, 6.45) is 0. The Bertz CT molecular complexity index is 1200. The second-order valence-electron chi connectivity index (χ2n) is 7.00. The van der Waals surface area contributed by atoms with Crippen LogP contribution in [0.25, 0.3) is 11.0 Å². The molecule has 0 aliphatic carbocycles. The zero-order valence-corrected chi connectivity index (χ0v) is 17.0. The molecule has 28 heavy (non-hydrogen) atoms. The van der Waals surface area contributed by atoms with Crippen molar-refractivity contribution < 1.29 is 18.4 Å². The minimum Gasteiger partial charge on any atom is -0.466 e. The summed E-state index contributed by atoms with van der Waals surface area (Å²) in [7, 11) is 0. The van der Waals surface area contributed by atoms with E-state index in [4.69, 9.17) is 8.83 Å². The summed E-state index contributed by atoms with van der Waals surface area (Å²) in [4.78, 5) is 38.9. The van der Waals surface area contributed by atoms with Crippen LogP contribution in [-0.2, 0) is 16.9 Å². The maximum atomic E-state index is 13.2. The van der Waals surface area contributed by atoms with Gasteiger partial charge in [-0.25, -0.2) is 9.59 Å². The van der Waals surface area contributed by atoms with Crippen LogP contribution in [0.3, 0.4) is 0 Å². The number of fused-ring (bicyclic) bond motifs is 1. The van der Waals surface area contributed by atoms with Crippen molar-refractivity contribution in [3.8, 4) is 0 Å². The first-order valence-corrected chi connectivity index (χ1v) is 9.42. The monoisotopic (exact) mass is 444 g/mol. The lowest BCUT2D eigenvalue weighted by Crippen LogP contribution is -2.41. The maximum absolute atomic E-state index is 13.2. The van der Waals surface area contributed by atoms with E-state index in [1.807, 2.05) is 0 Å². The summed E-state index contributed by atoms with van der Waals surface area (Å²) in [5, 5.41) is 3.42. The Morgan fingerprint density at radius 3 is 2.54 bits per heavy atom. The second-order valence-corrected chi connectivity index (χ2v) is 7.92. The number of hydrogen-bond acceptors (Lipinski definition) is 5. The quantitative estimate of drug-likeness (QED) is 0.490. The molecule has 0 radical (unpaired) electrons. The molecule has 0 saturated carbocycles. The first kappa shape index (κ1) is 18.5. The highest BCUT2D eigenvalue weighted by Crippen LogP contribution is 2.34. The lowest BCUT2D eigenvalue weighted by molar-refractivity contribution is -0.131. The van der Waals surface area contributed by atoms with Crippen molar-refractivity contribution in [2.75, 3.05) is 0 Å². The van der Waals surface area contributed by atoms with Crippen molar-refractivity contribution in [1.82, 2.24) is 10.2 Å². The zero-order valence-electron chi connectivity index (χ0n) is 15.5. The Hall–Kier alpha value is -2.87. The fraction of sp³-hybridized carbons (Fsp3) is 0.250. The van der Waals surface area contributed by atoms with Gasteiger partial charge in [-0.2, -0.15) is 0 Å². The number of amides is 3. The maximum Gasteiger partial charge on any atom is 0.336 e. The predicted molar refractivity (Wildman–Crippen MR) is 105 cm³/mol. The average molecular weight is 445 g/mol. The van der Waals surface area contributed by atoms with Gasteiger partial charge in [-0.3, -0.25) is 9.69 Å². The molecule has 2 aromatic heterocycles. The molecule has 0 bridgehead atoms. The predicted octanol–water partition coefficient (Wildman–Crippen LogP) is 3.73. The summed E-state index contributed by atoms with van der Waals surface area (Å²) < 4.78 is 11.5. The summed E-state index contributed by atoms with van der Waals surface area (Å²) in [6.45, 7) is 5.15. The molecule has 1 unspecified atom stereocenters. The molecule has 144 valence electrons. The molecule has 3 amide bonds. The molecule has 1 N–H and O–H groups in total. The van der Waals surface area contributed by atoms with E-state index in [1.54, 1.807) is 45.0 Å². The first-order chi connectivity index (χ1) is 13.2.